The lowest BCUT2D eigenvalue weighted by Crippen LogP contribution is -2.40. The molecule has 2 heterocycles. The van der Waals surface area contributed by atoms with Crippen molar-refractivity contribution < 1.29 is 14.4 Å². The highest BCUT2D eigenvalue weighted by atomic mass is 16.5. The summed E-state index contributed by atoms with van der Waals surface area (Å²) in [5.74, 6) is 0.406. The first kappa shape index (κ1) is 15.0. The highest BCUT2D eigenvalue weighted by Crippen LogP contribution is 2.22. The summed E-state index contributed by atoms with van der Waals surface area (Å²) in [6, 6.07) is -0.436. The summed E-state index contributed by atoms with van der Waals surface area (Å²) in [6.45, 7) is 7.25. The number of likely N-dealkylation sites (tertiary alicyclic amines) is 1. The van der Waals surface area contributed by atoms with Gasteiger partial charge in [-0.05, 0) is 19.4 Å². The van der Waals surface area contributed by atoms with Gasteiger partial charge in [0, 0.05) is 5.41 Å². The molecule has 2 rings (SSSR count). The van der Waals surface area contributed by atoms with Gasteiger partial charge in [0.15, 0.2) is 5.82 Å². The van der Waals surface area contributed by atoms with Gasteiger partial charge < -0.3 is 9.63 Å². The fourth-order valence-corrected chi connectivity index (χ4v) is 2.44. The molecule has 1 aromatic rings. The molecule has 1 aliphatic rings. The van der Waals surface area contributed by atoms with Crippen LogP contribution in [0.15, 0.2) is 4.52 Å². The lowest BCUT2D eigenvalue weighted by molar-refractivity contribution is -0.143. The first-order chi connectivity index (χ1) is 9.38. The molecule has 1 aromatic heterocycles. The molecule has 0 amide bonds. The molecule has 1 unspecified atom stereocenters. The van der Waals surface area contributed by atoms with Crippen LogP contribution in [-0.4, -0.2) is 38.7 Å². The van der Waals surface area contributed by atoms with Gasteiger partial charge in [-0.1, -0.05) is 38.8 Å². The number of carboxylic acid groups (broad SMARTS) is 1. The van der Waals surface area contributed by atoms with E-state index in [2.05, 4.69) is 10.1 Å². The number of nitrogens with zero attached hydrogens (tertiary/aromatic N) is 3. The molecule has 1 atom stereocenters. The molecule has 112 valence electrons. The number of hydrogen-bond acceptors (Lipinski definition) is 5. The van der Waals surface area contributed by atoms with Crippen LogP contribution >= 0.6 is 0 Å². The highest BCUT2D eigenvalue weighted by molar-refractivity contribution is 5.73. The SMILES string of the molecule is CC(C)(C)c1nc(CN2CCCCCC2C(=O)O)no1. The van der Waals surface area contributed by atoms with E-state index in [0.29, 0.717) is 24.7 Å². The van der Waals surface area contributed by atoms with Crippen LogP contribution in [0.2, 0.25) is 0 Å². The predicted octanol–water partition coefficient (Wildman–Crippen LogP) is 2.20. The third-order valence-corrected chi connectivity index (χ3v) is 3.60. The van der Waals surface area contributed by atoms with Gasteiger partial charge in [-0.25, -0.2) is 0 Å². The minimum Gasteiger partial charge on any atom is -0.480 e. The number of carbonyl (C=O) groups is 1. The summed E-state index contributed by atoms with van der Waals surface area (Å²) in [4.78, 5) is 17.7. The Hall–Kier alpha value is -1.43. The van der Waals surface area contributed by atoms with E-state index in [0.717, 1.165) is 25.8 Å². The Bertz CT molecular complexity index is 464. The second-order valence-corrected chi connectivity index (χ2v) is 6.44. The van der Waals surface area contributed by atoms with Crippen LogP contribution in [0.25, 0.3) is 0 Å². The molecule has 0 aliphatic carbocycles. The molecule has 0 radical (unpaired) electrons. The van der Waals surface area contributed by atoms with E-state index in [1.165, 1.54) is 0 Å². The minimum atomic E-state index is -0.758. The van der Waals surface area contributed by atoms with E-state index in [-0.39, 0.29) is 5.41 Å². The topological polar surface area (TPSA) is 79.5 Å². The predicted molar refractivity (Wildman–Crippen MR) is 73.3 cm³/mol. The van der Waals surface area contributed by atoms with Crippen LogP contribution in [0.4, 0.5) is 0 Å². The van der Waals surface area contributed by atoms with Crippen LogP contribution < -0.4 is 0 Å². The minimum absolute atomic E-state index is 0.184. The second-order valence-electron chi connectivity index (χ2n) is 6.44. The van der Waals surface area contributed by atoms with Crippen molar-refractivity contribution in [1.82, 2.24) is 15.0 Å². The quantitative estimate of drug-likeness (QED) is 0.915. The molecule has 0 spiro atoms. The normalized spacial score (nSPS) is 21.6. The molecule has 0 aromatic carbocycles. The van der Waals surface area contributed by atoms with Crippen LogP contribution in [0.3, 0.4) is 0 Å². The number of hydrogen-bond donors (Lipinski definition) is 1. The molecule has 6 nitrogen and oxygen atoms in total. The summed E-state index contributed by atoms with van der Waals surface area (Å²) in [6.07, 6.45) is 3.76. The lowest BCUT2D eigenvalue weighted by atomic mass is 9.97. The number of carboxylic acids is 1. The molecule has 20 heavy (non-hydrogen) atoms. The zero-order valence-electron chi connectivity index (χ0n) is 12.4. The zero-order valence-corrected chi connectivity index (χ0v) is 12.4. The van der Waals surface area contributed by atoms with E-state index in [1.807, 2.05) is 25.7 Å². The van der Waals surface area contributed by atoms with Gasteiger partial charge in [0.2, 0.25) is 5.89 Å². The Balaban J connectivity index is 2.10. The van der Waals surface area contributed by atoms with Gasteiger partial charge in [0.1, 0.15) is 6.04 Å². The smallest absolute Gasteiger partial charge is 0.320 e. The maximum atomic E-state index is 11.4. The van der Waals surface area contributed by atoms with Crippen LogP contribution in [-0.2, 0) is 16.8 Å². The van der Waals surface area contributed by atoms with Crippen molar-refractivity contribution in [3.8, 4) is 0 Å². The van der Waals surface area contributed by atoms with Crippen molar-refractivity contribution in [1.29, 1.82) is 0 Å². The van der Waals surface area contributed by atoms with Crippen molar-refractivity contribution in [2.45, 2.75) is 64.5 Å². The largest absolute Gasteiger partial charge is 0.480 e. The fraction of sp³-hybridized carbons (Fsp3) is 0.786. The Kier molecular flexibility index (Phi) is 4.42. The fourth-order valence-electron chi connectivity index (χ4n) is 2.44. The van der Waals surface area contributed by atoms with Crippen molar-refractivity contribution >= 4 is 5.97 Å². The molecule has 1 aliphatic heterocycles. The van der Waals surface area contributed by atoms with E-state index in [4.69, 9.17) is 4.52 Å². The second kappa shape index (κ2) is 5.91. The van der Waals surface area contributed by atoms with E-state index in [9.17, 15) is 9.90 Å². The van der Waals surface area contributed by atoms with E-state index >= 15 is 0 Å². The van der Waals surface area contributed by atoms with Gasteiger partial charge in [0.25, 0.3) is 0 Å². The number of rotatable bonds is 3. The molecular weight excluding hydrogens is 258 g/mol. The van der Waals surface area contributed by atoms with Crippen LogP contribution in [0.5, 0.6) is 0 Å². The molecule has 1 saturated heterocycles. The molecular formula is C14H23N3O3. The van der Waals surface area contributed by atoms with Crippen molar-refractivity contribution in [2.75, 3.05) is 6.54 Å². The van der Waals surface area contributed by atoms with Gasteiger partial charge in [-0.3, -0.25) is 9.69 Å². The van der Waals surface area contributed by atoms with Gasteiger partial charge >= 0.3 is 5.97 Å². The molecule has 0 saturated carbocycles. The average molecular weight is 281 g/mol. The number of aliphatic carboxylic acids is 1. The summed E-state index contributed by atoms with van der Waals surface area (Å²) in [5, 5.41) is 13.3. The Morgan fingerprint density at radius 3 is 2.75 bits per heavy atom. The summed E-state index contributed by atoms with van der Waals surface area (Å²) >= 11 is 0. The summed E-state index contributed by atoms with van der Waals surface area (Å²) in [7, 11) is 0. The van der Waals surface area contributed by atoms with Crippen molar-refractivity contribution in [2.24, 2.45) is 0 Å². The number of aromatic nitrogens is 2. The van der Waals surface area contributed by atoms with Crippen LogP contribution in [0.1, 0.15) is 58.2 Å². The molecule has 6 heteroatoms. The maximum absolute atomic E-state index is 11.4. The van der Waals surface area contributed by atoms with Crippen molar-refractivity contribution in [3.63, 3.8) is 0 Å². The van der Waals surface area contributed by atoms with E-state index < -0.39 is 12.0 Å². The summed E-state index contributed by atoms with van der Waals surface area (Å²) < 4.78 is 5.26. The van der Waals surface area contributed by atoms with Gasteiger partial charge in [0.05, 0.1) is 6.54 Å². The van der Waals surface area contributed by atoms with Gasteiger partial charge in [-0.2, -0.15) is 4.98 Å². The standard InChI is InChI=1S/C14H23N3O3/c1-14(2,3)13-15-11(16-20-13)9-17-8-6-4-5-7-10(17)12(18)19/h10H,4-9H2,1-3H3,(H,18,19). The lowest BCUT2D eigenvalue weighted by Gasteiger charge is -2.24. The van der Waals surface area contributed by atoms with Gasteiger partial charge in [-0.15, -0.1) is 0 Å². The Morgan fingerprint density at radius 2 is 2.15 bits per heavy atom. The Morgan fingerprint density at radius 1 is 1.40 bits per heavy atom. The Labute approximate surface area is 119 Å². The average Bonchev–Trinajstić information content (AvgIpc) is 2.68. The monoisotopic (exact) mass is 281 g/mol. The molecule has 1 N–H and O–H groups in total. The third kappa shape index (κ3) is 3.56. The zero-order chi connectivity index (χ0) is 14.8. The first-order valence-corrected chi connectivity index (χ1v) is 7.18. The van der Waals surface area contributed by atoms with E-state index in [1.54, 1.807) is 0 Å². The summed E-state index contributed by atoms with van der Waals surface area (Å²) in [5.41, 5.74) is -0.184. The van der Waals surface area contributed by atoms with Crippen molar-refractivity contribution in [3.05, 3.63) is 11.7 Å². The first-order valence-electron chi connectivity index (χ1n) is 7.18. The van der Waals surface area contributed by atoms with Crippen LogP contribution in [0, 0.1) is 0 Å². The highest BCUT2D eigenvalue weighted by Gasteiger charge is 2.29. The maximum Gasteiger partial charge on any atom is 0.320 e. The third-order valence-electron chi connectivity index (χ3n) is 3.60. The molecule has 1 fully saturated rings. The molecule has 0 bridgehead atoms.